The molecule has 0 radical (unpaired) electrons. The largest absolute Gasteiger partial charge is 0.455 e. The van der Waals surface area contributed by atoms with Gasteiger partial charge in [0.15, 0.2) is 11.7 Å². The van der Waals surface area contributed by atoms with Crippen molar-refractivity contribution >= 4 is 94.6 Å². The van der Waals surface area contributed by atoms with Crippen molar-refractivity contribution in [2.45, 2.75) is 6.54 Å². The van der Waals surface area contributed by atoms with Gasteiger partial charge in [0.2, 0.25) is 0 Å². The van der Waals surface area contributed by atoms with Gasteiger partial charge in [-0.1, -0.05) is 158 Å². The van der Waals surface area contributed by atoms with Crippen LogP contribution < -0.4 is 0 Å². The molecule has 11 rings (SSSR count). The third-order valence-electron chi connectivity index (χ3n) is 11.1. The smallest absolute Gasteiger partial charge is 0.161 e. The SMILES string of the molecule is C=N/C(=N\C(=N/Cc1ccccc1)c1cc2ccccc2c2ccccc12)c1cccc2oc3c(-c4cccc5c4oc4c6ccccc6ccc54)cccc3c12. The molecule has 0 fully saturated rings. The van der Waals surface area contributed by atoms with E-state index in [1.807, 2.05) is 36.4 Å². The Morgan fingerprint density at radius 2 is 1.07 bits per heavy atom. The van der Waals surface area contributed by atoms with Gasteiger partial charge in [0.1, 0.15) is 22.3 Å². The lowest BCUT2D eigenvalue weighted by Gasteiger charge is -2.12. The summed E-state index contributed by atoms with van der Waals surface area (Å²) in [5.74, 6) is 1.04. The highest BCUT2D eigenvalue weighted by Crippen LogP contribution is 2.43. The Hall–Kier alpha value is -7.63. The van der Waals surface area contributed by atoms with E-state index in [2.05, 4.69) is 151 Å². The fourth-order valence-electron chi connectivity index (χ4n) is 8.44. The number of benzene rings is 9. The highest BCUT2D eigenvalue weighted by molar-refractivity contribution is 6.26. The maximum Gasteiger partial charge on any atom is 0.161 e. The molecule has 11 aromatic rings. The number of hydrogen-bond acceptors (Lipinski definition) is 3. The molecule has 0 aliphatic heterocycles. The number of aliphatic imine (C=N–C) groups is 3. The van der Waals surface area contributed by atoms with Crippen LogP contribution in [0.4, 0.5) is 0 Å². The Morgan fingerprint density at radius 1 is 0.439 bits per heavy atom. The van der Waals surface area contributed by atoms with Crippen LogP contribution in [0.25, 0.3) is 87.3 Å². The normalized spacial score (nSPS) is 12.6. The molecule has 2 aromatic heterocycles. The first-order chi connectivity index (χ1) is 28.2. The molecule has 2 heterocycles. The predicted molar refractivity (Wildman–Crippen MR) is 238 cm³/mol. The van der Waals surface area contributed by atoms with Crippen LogP contribution in [0.1, 0.15) is 16.7 Å². The minimum Gasteiger partial charge on any atom is -0.455 e. The van der Waals surface area contributed by atoms with E-state index in [0.29, 0.717) is 18.2 Å². The second-order valence-electron chi connectivity index (χ2n) is 14.3. The van der Waals surface area contributed by atoms with Crippen molar-refractivity contribution in [3.63, 3.8) is 0 Å². The van der Waals surface area contributed by atoms with E-state index in [-0.39, 0.29) is 0 Å². The van der Waals surface area contributed by atoms with Crippen molar-refractivity contribution in [3.05, 3.63) is 193 Å². The van der Waals surface area contributed by atoms with Gasteiger partial charge in [-0.05, 0) is 57.4 Å². The van der Waals surface area contributed by atoms with Crippen molar-refractivity contribution in [1.82, 2.24) is 0 Å². The molecule has 0 atom stereocenters. The Morgan fingerprint density at radius 3 is 1.88 bits per heavy atom. The first-order valence-electron chi connectivity index (χ1n) is 19.1. The molecule has 268 valence electrons. The summed E-state index contributed by atoms with van der Waals surface area (Å²) in [7, 11) is 0. The van der Waals surface area contributed by atoms with Crippen molar-refractivity contribution in [2.24, 2.45) is 15.0 Å². The number of rotatable bonds is 5. The second kappa shape index (κ2) is 13.3. The molecule has 0 saturated heterocycles. The van der Waals surface area contributed by atoms with E-state index in [4.69, 9.17) is 18.8 Å². The third kappa shape index (κ3) is 5.35. The van der Waals surface area contributed by atoms with Crippen molar-refractivity contribution in [3.8, 4) is 11.1 Å². The van der Waals surface area contributed by atoms with Crippen molar-refractivity contribution in [1.29, 1.82) is 0 Å². The summed E-state index contributed by atoms with van der Waals surface area (Å²) in [4.78, 5) is 15.1. The van der Waals surface area contributed by atoms with Gasteiger partial charge in [-0.2, -0.15) is 0 Å². The van der Waals surface area contributed by atoms with Crippen LogP contribution in [0.3, 0.4) is 0 Å². The van der Waals surface area contributed by atoms with Crippen LogP contribution in [0.15, 0.2) is 200 Å². The zero-order valence-electron chi connectivity index (χ0n) is 30.8. The molecule has 5 nitrogen and oxygen atoms in total. The molecule has 57 heavy (non-hydrogen) atoms. The third-order valence-corrected chi connectivity index (χ3v) is 11.1. The summed E-state index contributed by atoms with van der Waals surface area (Å²) in [6.07, 6.45) is 0. The summed E-state index contributed by atoms with van der Waals surface area (Å²) in [6, 6.07) is 60.6. The standard InChI is InChI=1S/C52H33N3O2/c1-53-51(55-52(54-31-32-14-3-2-4-15-32)45-30-34-17-6-7-18-35(34)37-20-9-10-21-38(37)45)44-26-13-27-46-47(44)43-25-12-24-40(50(43)56-46)39-22-11-23-41-42-29-28-33-16-5-8-19-36(33)48(42)57-49(39)41/h2-30H,1,31H2/b54-52-,55-51-. The maximum atomic E-state index is 6.78. The van der Waals surface area contributed by atoms with Crippen molar-refractivity contribution < 1.29 is 8.83 Å². The lowest BCUT2D eigenvalue weighted by molar-refractivity contribution is 0.666. The number of furan rings is 2. The molecule has 0 spiro atoms. The van der Waals surface area contributed by atoms with E-state index in [0.717, 1.165) is 98.6 Å². The molecule has 0 amide bonds. The van der Waals surface area contributed by atoms with E-state index < -0.39 is 0 Å². The number of amidine groups is 2. The Bertz CT molecular complexity index is 3460. The number of para-hydroxylation sites is 2. The van der Waals surface area contributed by atoms with E-state index >= 15 is 0 Å². The highest BCUT2D eigenvalue weighted by Gasteiger charge is 2.21. The Labute approximate surface area is 327 Å². The molecule has 0 unspecified atom stereocenters. The molecule has 0 aliphatic carbocycles. The van der Waals surface area contributed by atoms with Crippen LogP contribution in [-0.2, 0) is 6.54 Å². The summed E-state index contributed by atoms with van der Waals surface area (Å²) in [5.41, 5.74) is 7.95. The van der Waals surface area contributed by atoms with Crippen molar-refractivity contribution in [2.75, 3.05) is 0 Å². The topological polar surface area (TPSA) is 63.4 Å². The lowest BCUT2D eigenvalue weighted by Crippen LogP contribution is -2.07. The molecule has 9 aromatic carbocycles. The number of fused-ring (bicyclic) bond motifs is 11. The van der Waals surface area contributed by atoms with Crippen LogP contribution in [0.2, 0.25) is 0 Å². The van der Waals surface area contributed by atoms with Crippen LogP contribution >= 0.6 is 0 Å². The van der Waals surface area contributed by atoms with Gasteiger partial charge < -0.3 is 8.83 Å². The molecule has 0 saturated carbocycles. The first kappa shape index (κ1) is 32.8. The minimum atomic E-state index is 0.455. The van der Waals surface area contributed by atoms with Crippen LogP contribution in [-0.4, -0.2) is 18.4 Å². The van der Waals surface area contributed by atoms with Gasteiger partial charge in [-0.3, -0.25) is 4.99 Å². The molecular formula is C52H33N3O2. The number of nitrogens with zero attached hydrogens (tertiary/aromatic N) is 3. The molecule has 5 heteroatoms. The lowest BCUT2D eigenvalue weighted by atomic mass is 9.96. The van der Waals surface area contributed by atoms with E-state index in [1.54, 1.807) is 0 Å². The minimum absolute atomic E-state index is 0.455. The first-order valence-corrected chi connectivity index (χ1v) is 19.1. The molecule has 0 bridgehead atoms. The fourth-order valence-corrected chi connectivity index (χ4v) is 8.44. The van der Waals surface area contributed by atoms with Crippen LogP contribution in [0, 0.1) is 0 Å². The molecular weight excluding hydrogens is 699 g/mol. The summed E-state index contributed by atoms with van der Waals surface area (Å²) >= 11 is 0. The van der Waals surface area contributed by atoms with Gasteiger partial charge in [0, 0.05) is 49.2 Å². The number of hydrogen-bond donors (Lipinski definition) is 0. The van der Waals surface area contributed by atoms with E-state index in [1.165, 1.54) is 5.39 Å². The summed E-state index contributed by atoms with van der Waals surface area (Å²) in [6.45, 7) is 4.50. The van der Waals surface area contributed by atoms with Gasteiger partial charge in [-0.15, -0.1) is 0 Å². The van der Waals surface area contributed by atoms with Gasteiger partial charge in [0.25, 0.3) is 0 Å². The van der Waals surface area contributed by atoms with Crippen LogP contribution in [0.5, 0.6) is 0 Å². The Kier molecular flexibility index (Phi) is 7.64. The summed E-state index contributed by atoms with van der Waals surface area (Å²) < 4.78 is 13.5. The highest BCUT2D eigenvalue weighted by atomic mass is 16.3. The zero-order valence-corrected chi connectivity index (χ0v) is 30.8. The van der Waals surface area contributed by atoms with Gasteiger partial charge in [0.05, 0.1) is 6.54 Å². The quantitative estimate of drug-likeness (QED) is 0.100. The average molecular weight is 732 g/mol. The average Bonchev–Trinajstić information content (AvgIpc) is 3.86. The molecule has 0 N–H and O–H groups in total. The second-order valence-corrected chi connectivity index (χ2v) is 14.3. The fraction of sp³-hybridized carbons (Fsp3) is 0.0192. The monoisotopic (exact) mass is 731 g/mol. The van der Waals surface area contributed by atoms with E-state index in [9.17, 15) is 0 Å². The molecule has 0 aliphatic rings. The maximum absolute atomic E-state index is 6.78. The summed E-state index contributed by atoms with van der Waals surface area (Å²) in [5, 5.41) is 10.8. The van der Waals surface area contributed by atoms with Gasteiger partial charge in [-0.25, -0.2) is 9.98 Å². The Balaban J connectivity index is 1.11. The zero-order chi connectivity index (χ0) is 37.9. The predicted octanol–water partition coefficient (Wildman–Crippen LogP) is 13.7. The van der Waals surface area contributed by atoms with Gasteiger partial charge >= 0.3 is 0 Å².